The van der Waals surface area contributed by atoms with Gasteiger partial charge in [0.2, 0.25) is 0 Å². The van der Waals surface area contributed by atoms with Gasteiger partial charge in [-0.2, -0.15) is 0 Å². The average Bonchev–Trinajstić information content (AvgIpc) is 2.61. The molecule has 1 aliphatic heterocycles. The molecule has 0 unspecified atom stereocenters. The third kappa shape index (κ3) is 1.96. The van der Waals surface area contributed by atoms with Crippen molar-refractivity contribution in [2.45, 2.75) is 11.3 Å². The SMILES string of the molecule is NOCCc1ccc2c(c1)SCO2. The molecule has 1 aliphatic rings. The lowest BCUT2D eigenvalue weighted by Gasteiger charge is -2.01. The fourth-order valence-electron chi connectivity index (χ4n) is 1.27. The summed E-state index contributed by atoms with van der Waals surface area (Å²) in [7, 11) is 0. The summed E-state index contributed by atoms with van der Waals surface area (Å²) in [6.45, 7) is 0.560. The Kier molecular flexibility index (Phi) is 2.73. The van der Waals surface area contributed by atoms with Gasteiger partial charge in [0, 0.05) is 0 Å². The maximum atomic E-state index is 5.36. The number of ether oxygens (including phenoxy) is 1. The molecule has 3 nitrogen and oxygen atoms in total. The van der Waals surface area contributed by atoms with E-state index < -0.39 is 0 Å². The van der Waals surface area contributed by atoms with E-state index in [4.69, 9.17) is 10.6 Å². The number of fused-ring (bicyclic) bond motifs is 1. The second-order valence-electron chi connectivity index (χ2n) is 2.81. The third-order valence-corrected chi connectivity index (χ3v) is 2.81. The first-order valence-electron chi connectivity index (χ1n) is 4.10. The number of hydrogen-bond donors (Lipinski definition) is 1. The summed E-state index contributed by atoms with van der Waals surface area (Å²) in [4.78, 5) is 5.74. The Bertz CT molecular complexity index is 304. The lowest BCUT2D eigenvalue weighted by Crippen LogP contribution is -2.03. The summed E-state index contributed by atoms with van der Waals surface area (Å²) < 4.78 is 5.36. The van der Waals surface area contributed by atoms with Crippen LogP contribution in [0, 0.1) is 0 Å². The first-order chi connectivity index (χ1) is 6.40. The van der Waals surface area contributed by atoms with Crippen LogP contribution in [0.1, 0.15) is 5.56 Å². The topological polar surface area (TPSA) is 44.5 Å². The summed E-state index contributed by atoms with van der Waals surface area (Å²) in [5.41, 5.74) is 1.24. The van der Waals surface area contributed by atoms with Gasteiger partial charge in [0.25, 0.3) is 0 Å². The molecule has 0 saturated carbocycles. The summed E-state index contributed by atoms with van der Waals surface area (Å²) in [6, 6.07) is 6.18. The maximum absolute atomic E-state index is 5.36. The highest BCUT2D eigenvalue weighted by Crippen LogP contribution is 2.36. The Morgan fingerprint density at radius 3 is 3.31 bits per heavy atom. The lowest BCUT2D eigenvalue weighted by molar-refractivity contribution is 0.141. The number of rotatable bonds is 3. The largest absolute Gasteiger partial charge is 0.481 e. The molecule has 0 fully saturated rings. The minimum atomic E-state index is 0.560. The van der Waals surface area contributed by atoms with Crippen molar-refractivity contribution in [1.82, 2.24) is 0 Å². The van der Waals surface area contributed by atoms with Crippen LogP contribution in [-0.2, 0) is 11.3 Å². The molecule has 0 aromatic heterocycles. The molecule has 0 radical (unpaired) electrons. The fraction of sp³-hybridized carbons (Fsp3) is 0.333. The van der Waals surface area contributed by atoms with Crippen molar-refractivity contribution in [2.24, 2.45) is 5.90 Å². The summed E-state index contributed by atoms with van der Waals surface area (Å²) in [5, 5.41) is 0. The zero-order valence-corrected chi connectivity index (χ0v) is 7.97. The van der Waals surface area contributed by atoms with Gasteiger partial charge in [0.15, 0.2) is 0 Å². The molecule has 0 spiro atoms. The second kappa shape index (κ2) is 4.00. The van der Waals surface area contributed by atoms with Crippen molar-refractivity contribution < 1.29 is 9.57 Å². The molecule has 4 heteroatoms. The molecule has 1 heterocycles. The van der Waals surface area contributed by atoms with E-state index in [1.54, 1.807) is 11.8 Å². The van der Waals surface area contributed by atoms with E-state index in [1.807, 2.05) is 12.1 Å². The summed E-state index contributed by atoms with van der Waals surface area (Å²) in [5.74, 6) is 6.68. The molecule has 0 amide bonds. The Labute approximate surface area is 81.2 Å². The van der Waals surface area contributed by atoms with E-state index in [-0.39, 0.29) is 0 Å². The van der Waals surface area contributed by atoms with E-state index in [1.165, 1.54) is 10.5 Å². The van der Waals surface area contributed by atoms with Crippen molar-refractivity contribution in [3.8, 4) is 5.75 Å². The zero-order chi connectivity index (χ0) is 9.10. The third-order valence-electron chi connectivity index (χ3n) is 1.95. The van der Waals surface area contributed by atoms with Crippen LogP contribution in [0.5, 0.6) is 5.75 Å². The zero-order valence-electron chi connectivity index (χ0n) is 7.16. The first-order valence-corrected chi connectivity index (χ1v) is 5.09. The number of benzene rings is 1. The Hall–Kier alpha value is -0.710. The standard InChI is InChI=1S/C9H11NO2S/c10-12-4-3-7-1-2-8-9(5-7)13-6-11-8/h1-2,5H,3-4,6,10H2. The van der Waals surface area contributed by atoms with Gasteiger partial charge < -0.3 is 9.57 Å². The molecule has 13 heavy (non-hydrogen) atoms. The monoisotopic (exact) mass is 197 g/mol. The normalized spacial score (nSPS) is 13.9. The van der Waals surface area contributed by atoms with Crippen LogP contribution in [-0.4, -0.2) is 12.5 Å². The fourth-order valence-corrected chi connectivity index (χ4v) is 2.09. The lowest BCUT2D eigenvalue weighted by atomic mass is 10.1. The molecule has 2 N–H and O–H groups in total. The van der Waals surface area contributed by atoms with Gasteiger partial charge in [0.1, 0.15) is 11.7 Å². The van der Waals surface area contributed by atoms with Gasteiger partial charge in [-0.15, -0.1) is 0 Å². The van der Waals surface area contributed by atoms with E-state index in [0.29, 0.717) is 6.61 Å². The summed E-state index contributed by atoms with van der Waals surface area (Å²) in [6.07, 6.45) is 0.852. The average molecular weight is 197 g/mol. The minimum absolute atomic E-state index is 0.560. The van der Waals surface area contributed by atoms with Crippen molar-refractivity contribution in [2.75, 3.05) is 12.5 Å². The Balaban J connectivity index is 2.12. The first kappa shape index (κ1) is 8.87. The molecule has 2 rings (SSSR count). The number of thioether (sulfide) groups is 1. The predicted molar refractivity (Wildman–Crippen MR) is 51.6 cm³/mol. The van der Waals surface area contributed by atoms with Gasteiger partial charge in [0.05, 0.1) is 11.5 Å². The highest BCUT2D eigenvalue weighted by molar-refractivity contribution is 7.99. The molecule has 0 saturated heterocycles. The van der Waals surface area contributed by atoms with Crippen LogP contribution in [0.15, 0.2) is 23.1 Å². The Morgan fingerprint density at radius 1 is 1.54 bits per heavy atom. The van der Waals surface area contributed by atoms with Gasteiger partial charge in [-0.25, -0.2) is 5.90 Å². The number of hydrogen-bond acceptors (Lipinski definition) is 4. The van der Waals surface area contributed by atoms with Crippen LogP contribution >= 0.6 is 11.8 Å². The van der Waals surface area contributed by atoms with Crippen LogP contribution in [0.25, 0.3) is 0 Å². The predicted octanol–water partition coefficient (Wildman–Crippen LogP) is 1.56. The van der Waals surface area contributed by atoms with Crippen molar-refractivity contribution in [3.63, 3.8) is 0 Å². The van der Waals surface area contributed by atoms with Crippen molar-refractivity contribution >= 4 is 11.8 Å². The Morgan fingerprint density at radius 2 is 2.46 bits per heavy atom. The second-order valence-corrected chi connectivity index (χ2v) is 3.77. The van der Waals surface area contributed by atoms with E-state index in [0.717, 1.165) is 18.1 Å². The van der Waals surface area contributed by atoms with Gasteiger partial charge >= 0.3 is 0 Å². The van der Waals surface area contributed by atoms with Crippen LogP contribution in [0.2, 0.25) is 0 Å². The van der Waals surface area contributed by atoms with Crippen LogP contribution in [0.3, 0.4) is 0 Å². The molecular formula is C9H11NO2S. The summed E-state index contributed by atoms with van der Waals surface area (Å²) >= 11 is 1.72. The molecular weight excluding hydrogens is 186 g/mol. The van der Waals surface area contributed by atoms with Gasteiger partial charge in [-0.05, 0) is 24.1 Å². The smallest absolute Gasteiger partial charge is 0.138 e. The highest BCUT2D eigenvalue weighted by atomic mass is 32.2. The molecule has 0 atom stereocenters. The molecule has 1 aromatic carbocycles. The highest BCUT2D eigenvalue weighted by Gasteiger charge is 2.12. The van der Waals surface area contributed by atoms with E-state index >= 15 is 0 Å². The minimum Gasteiger partial charge on any atom is -0.481 e. The molecule has 70 valence electrons. The van der Waals surface area contributed by atoms with Gasteiger partial charge in [-0.1, -0.05) is 17.8 Å². The molecule has 0 aliphatic carbocycles. The molecule has 0 bridgehead atoms. The maximum Gasteiger partial charge on any atom is 0.138 e. The van der Waals surface area contributed by atoms with Crippen molar-refractivity contribution in [1.29, 1.82) is 0 Å². The van der Waals surface area contributed by atoms with Crippen LogP contribution in [0.4, 0.5) is 0 Å². The van der Waals surface area contributed by atoms with E-state index in [9.17, 15) is 0 Å². The number of nitrogens with two attached hydrogens (primary N) is 1. The quantitative estimate of drug-likeness (QED) is 0.747. The van der Waals surface area contributed by atoms with Gasteiger partial charge in [-0.3, -0.25) is 0 Å². The van der Waals surface area contributed by atoms with Crippen molar-refractivity contribution in [3.05, 3.63) is 23.8 Å². The van der Waals surface area contributed by atoms with E-state index in [2.05, 4.69) is 10.9 Å². The molecule has 1 aromatic rings. The van der Waals surface area contributed by atoms with Crippen LogP contribution < -0.4 is 10.6 Å².